The molecule has 0 unspecified atom stereocenters. The second kappa shape index (κ2) is 7.12. The summed E-state index contributed by atoms with van der Waals surface area (Å²) in [5.74, 6) is 0.946. The van der Waals surface area contributed by atoms with E-state index < -0.39 is 0 Å². The number of aromatic nitrogens is 3. The number of piperazine rings is 1. The van der Waals surface area contributed by atoms with Crippen molar-refractivity contribution in [2.45, 2.75) is 19.9 Å². The van der Waals surface area contributed by atoms with Gasteiger partial charge >= 0.3 is 0 Å². The molecule has 6 heteroatoms. The molecule has 0 bridgehead atoms. The highest BCUT2D eigenvalue weighted by Crippen LogP contribution is 2.28. The first-order chi connectivity index (χ1) is 13.0. The highest BCUT2D eigenvalue weighted by Gasteiger charge is 2.22. The zero-order chi connectivity index (χ0) is 19.0. The van der Waals surface area contributed by atoms with E-state index in [1.165, 1.54) is 0 Å². The van der Waals surface area contributed by atoms with Crippen LogP contribution in [0.5, 0.6) is 0 Å². The molecule has 0 atom stereocenters. The van der Waals surface area contributed by atoms with Crippen LogP contribution in [-0.2, 0) is 0 Å². The van der Waals surface area contributed by atoms with E-state index in [1.807, 2.05) is 41.3 Å². The number of pyridine rings is 1. The SMILES string of the molecule is CC(C)n1c(-c2cccc(C(=O)N3CCN(C)CC3)c2)nc2cccnc21. The number of rotatable bonds is 3. The lowest BCUT2D eigenvalue weighted by molar-refractivity contribution is 0.0664. The molecule has 3 aromatic rings. The molecule has 1 fully saturated rings. The van der Waals surface area contributed by atoms with Crippen LogP contribution in [0.2, 0.25) is 0 Å². The van der Waals surface area contributed by atoms with E-state index >= 15 is 0 Å². The molecule has 3 heterocycles. The Balaban J connectivity index is 1.72. The van der Waals surface area contributed by atoms with Crippen LogP contribution in [-0.4, -0.2) is 63.5 Å². The summed E-state index contributed by atoms with van der Waals surface area (Å²) in [5.41, 5.74) is 3.41. The molecule has 0 N–H and O–H groups in total. The first-order valence-corrected chi connectivity index (χ1v) is 9.46. The molecule has 1 aliphatic rings. The number of nitrogens with zero attached hydrogens (tertiary/aromatic N) is 5. The molecule has 140 valence electrons. The van der Waals surface area contributed by atoms with E-state index in [4.69, 9.17) is 4.98 Å². The molecule has 0 saturated carbocycles. The summed E-state index contributed by atoms with van der Waals surface area (Å²) in [7, 11) is 2.09. The Labute approximate surface area is 159 Å². The Morgan fingerprint density at radius 1 is 1.07 bits per heavy atom. The normalized spacial score (nSPS) is 15.6. The maximum Gasteiger partial charge on any atom is 0.253 e. The van der Waals surface area contributed by atoms with Gasteiger partial charge in [0.2, 0.25) is 0 Å². The van der Waals surface area contributed by atoms with E-state index in [1.54, 1.807) is 6.20 Å². The number of carbonyl (C=O) groups excluding carboxylic acids is 1. The summed E-state index contributed by atoms with van der Waals surface area (Å²) >= 11 is 0. The fourth-order valence-electron chi connectivity index (χ4n) is 3.61. The van der Waals surface area contributed by atoms with E-state index in [0.29, 0.717) is 5.56 Å². The van der Waals surface area contributed by atoms with E-state index in [2.05, 4.69) is 35.3 Å². The lowest BCUT2D eigenvalue weighted by atomic mass is 10.1. The van der Waals surface area contributed by atoms with Crippen molar-refractivity contribution in [2.75, 3.05) is 33.2 Å². The van der Waals surface area contributed by atoms with Crippen LogP contribution in [0.1, 0.15) is 30.2 Å². The second-order valence-electron chi connectivity index (χ2n) is 7.42. The van der Waals surface area contributed by atoms with Gasteiger partial charge in [0.1, 0.15) is 11.3 Å². The lowest BCUT2D eigenvalue weighted by Gasteiger charge is -2.32. The van der Waals surface area contributed by atoms with Gasteiger partial charge in [0.05, 0.1) is 0 Å². The van der Waals surface area contributed by atoms with Crippen LogP contribution >= 0.6 is 0 Å². The van der Waals surface area contributed by atoms with Crippen molar-refractivity contribution >= 4 is 17.1 Å². The predicted octanol–water partition coefficient (Wildman–Crippen LogP) is 3.07. The second-order valence-corrected chi connectivity index (χ2v) is 7.42. The third-order valence-electron chi connectivity index (χ3n) is 5.12. The average molecular weight is 363 g/mol. The fourth-order valence-corrected chi connectivity index (χ4v) is 3.61. The minimum Gasteiger partial charge on any atom is -0.336 e. The first-order valence-electron chi connectivity index (χ1n) is 9.46. The smallest absolute Gasteiger partial charge is 0.253 e. The van der Waals surface area contributed by atoms with Gasteiger partial charge in [-0.3, -0.25) is 4.79 Å². The maximum absolute atomic E-state index is 12.9. The number of imidazole rings is 1. The predicted molar refractivity (Wildman–Crippen MR) is 107 cm³/mol. The molecule has 1 saturated heterocycles. The topological polar surface area (TPSA) is 54.3 Å². The van der Waals surface area contributed by atoms with Crippen LogP contribution in [0, 0.1) is 0 Å². The van der Waals surface area contributed by atoms with Crippen molar-refractivity contribution in [3.8, 4) is 11.4 Å². The summed E-state index contributed by atoms with van der Waals surface area (Å²) in [5, 5.41) is 0. The fraction of sp³-hybridized carbons (Fsp3) is 0.381. The largest absolute Gasteiger partial charge is 0.336 e. The summed E-state index contributed by atoms with van der Waals surface area (Å²) in [6.45, 7) is 7.62. The van der Waals surface area contributed by atoms with Crippen LogP contribution < -0.4 is 0 Å². The Morgan fingerprint density at radius 2 is 1.85 bits per heavy atom. The molecule has 2 aromatic heterocycles. The number of hydrogen-bond donors (Lipinski definition) is 0. The molecule has 1 aromatic carbocycles. The van der Waals surface area contributed by atoms with Crippen LogP contribution in [0.3, 0.4) is 0 Å². The number of fused-ring (bicyclic) bond motifs is 1. The third-order valence-corrected chi connectivity index (χ3v) is 5.12. The molecule has 1 aliphatic heterocycles. The first kappa shape index (κ1) is 17.7. The lowest BCUT2D eigenvalue weighted by Crippen LogP contribution is -2.47. The quantitative estimate of drug-likeness (QED) is 0.718. The van der Waals surface area contributed by atoms with Gasteiger partial charge < -0.3 is 14.4 Å². The van der Waals surface area contributed by atoms with Crippen LogP contribution in [0.25, 0.3) is 22.6 Å². The minimum atomic E-state index is 0.0929. The summed E-state index contributed by atoms with van der Waals surface area (Å²) in [6, 6.07) is 11.9. The van der Waals surface area contributed by atoms with Gasteiger partial charge in [-0.2, -0.15) is 0 Å². The Hall–Kier alpha value is -2.73. The van der Waals surface area contributed by atoms with Gasteiger partial charge in [0.15, 0.2) is 5.65 Å². The van der Waals surface area contributed by atoms with Gasteiger partial charge in [0.25, 0.3) is 5.91 Å². The third kappa shape index (κ3) is 3.32. The van der Waals surface area contributed by atoms with Crippen molar-refractivity contribution in [2.24, 2.45) is 0 Å². The molecule has 0 aliphatic carbocycles. The highest BCUT2D eigenvalue weighted by atomic mass is 16.2. The Kier molecular flexibility index (Phi) is 4.66. The maximum atomic E-state index is 12.9. The number of likely N-dealkylation sites (N-methyl/N-ethyl adjacent to an activating group) is 1. The highest BCUT2D eigenvalue weighted by molar-refractivity contribution is 5.95. The van der Waals surface area contributed by atoms with E-state index in [0.717, 1.165) is 48.7 Å². The zero-order valence-corrected chi connectivity index (χ0v) is 16.1. The molecule has 27 heavy (non-hydrogen) atoms. The van der Waals surface area contributed by atoms with Crippen molar-refractivity contribution in [1.29, 1.82) is 0 Å². The summed E-state index contributed by atoms with van der Waals surface area (Å²) in [4.78, 5) is 26.4. The average Bonchev–Trinajstić information content (AvgIpc) is 3.08. The summed E-state index contributed by atoms with van der Waals surface area (Å²) in [6.07, 6.45) is 1.79. The number of amides is 1. The molecule has 0 radical (unpaired) electrons. The molecular formula is C21H25N5O. The number of carbonyl (C=O) groups is 1. The minimum absolute atomic E-state index is 0.0929. The van der Waals surface area contributed by atoms with Gasteiger partial charge in [-0.05, 0) is 45.2 Å². The molecule has 0 spiro atoms. The molecule has 1 amide bonds. The van der Waals surface area contributed by atoms with Crippen molar-refractivity contribution < 1.29 is 4.79 Å². The van der Waals surface area contributed by atoms with Crippen LogP contribution in [0.15, 0.2) is 42.6 Å². The molecule has 6 nitrogen and oxygen atoms in total. The van der Waals surface area contributed by atoms with Crippen molar-refractivity contribution in [1.82, 2.24) is 24.3 Å². The van der Waals surface area contributed by atoms with Gasteiger partial charge in [-0.15, -0.1) is 0 Å². The Morgan fingerprint density at radius 3 is 2.59 bits per heavy atom. The standard InChI is InChI=1S/C21H25N5O/c1-15(2)26-19(23-18-8-5-9-22-20(18)26)16-6-4-7-17(14-16)21(27)25-12-10-24(3)11-13-25/h4-9,14-15H,10-13H2,1-3H3. The van der Waals surface area contributed by atoms with Crippen molar-refractivity contribution in [3.05, 3.63) is 48.2 Å². The Bertz CT molecular complexity index is 970. The van der Waals surface area contributed by atoms with E-state index in [-0.39, 0.29) is 11.9 Å². The van der Waals surface area contributed by atoms with Crippen LogP contribution in [0.4, 0.5) is 0 Å². The van der Waals surface area contributed by atoms with Crippen molar-refractivity contribution in [3.63, 3.8) is 0 Å². The van der Waals surface area contributed by atoms with E-state index in [9.17, 15) is 4.79 Å². The van der Waals surface area contributed by atoms with Gasteiger partial charge in [-0.1, -0.05) is 12.1 Å². The zero-order valence-electron chi connectivity index (χ0n) is 16.1. The van der Waals surface area contributed by atoms with Gasteiger partial charge in [-0.25, -0.2) is 9.97 Å². The monoisotopic (exact) mass is 363 g/mol. The molecular weight excluding hydrogens is 338 g/mol. The number of benzene rings is 1. The molecule has 4 rings (SSSR count). The van der Waals surface area contributed by atoms with Gasteiger partial charge in [0, 0.05) is 49.5 Å². The summed E-state index contributed by atoms with van der Waals surface area (Å²) < 4.78 is 2.13. The number of hydrogen-bond acceptors (Lipinski definition) is 4.